The minimum Gasteiger partial charge on any atom is -0.221 e. The first kappa shape index (κ1) is 13.6. The third kappa shape index (κ3) is 2.74. The Morgan fingerprint density at radius 2 is 1.95 bits per heavy atom. The van der Waals surface area contributed by atoms with Crippen LogP contribution in [0.3, 0.4) is 0 Å². The Morgan fingerprint density at radius 3 is 2.67 bits per heavy atom. The summed E-state index contributed by atoms with van der Waals surface area (Å²) in [5, 5.41) is 4.28. The molecule has 0 saturated heterocycles. The van der Waals surface area contributed by atoms with Crippen LogP contribution in [-0.4, -0.2) is 14.6 Å². The van der Waals surface area contributed by atoms with Crippen molar-refractivity contribution in [1.29, 1.82) is 0 Å². The van der Waals surface area contributed by atoms with E-state index in [2.05, 4.69) is 10.1 Å². The van der Waals surface area contributed by atoms with Crippen LogP contribution in [0.15, 0.2) is 42.6 Å². The summed E-state index contributed by atoms with van der Waals surface area (Å²) in [5.41, 5.74) is 1.58. The third-order valence-electron chi connectivity index (χ3n) is 3.22. The highest BCUT2D eigenvalue weighted by Crippen LogP contribution is 2.29. The molecule has 3 nitrogen and oxygen atoms in total. The van der Waals surface area contributed by atoms with E-state index < -0.39 is 11.7 Å². The molecule has 0 aliphatic carbocycles. The van der Waals surface area contributed by atoms with Gasteiger partial charge < -0.3 is 0 Å². The Balaban J connectivity index is 1.93. The maximum Gasteiger partial charge on any atom is 0.416 e. The zero-order valence-electron chi connectivity index (χ0n) is 11.2. The molecule has 0 bridgehead atoms. The van der Waals surface area contributed by atoms with Gasteiger partial charge in [0.15, 0.2) is 11.5 Å². The summed E-state index contributed by atoms with van der Waals surface area (Å²) < 4.78 is 39.7. The highest BCUT2D eigenvalue weighted by Gasteiger charge is 2.30. The van der Waals surface area contributed by atoms with Crippen molar-refractivity contribution in [1.82, 2.24) is 14.6 Å². The molecular weight excluding hydrogens is 279 g/mol. The SMILES string of the molecule is Cc1cccn2nc(Cc3cccc(C(F)(F)F)c3)nc12. The molecule has 0 aliphatic rings. The van der Waals surface area contributed by atoms with E-state index in [0.29, 0.717) is 11.4 Å². The smallest absolute Gasteiger partial charge is 0.221 e. The van der Waals surface area contributed by atoms with Crippen molar-refractivity contribution in [3.8, 4) is 0 Å². The number of halogens is 3. The Bertz CT molecular complexity index is 790. The van der Waals surface area contributed by atoms with E-state index in [1.807, 2.05) is 19.1 Å². The van der Waals surface area contributed by atoms with E-state index in [1.54, 1.807) is 16.8 Å². The Hall–Kier alpha value is -2.37. The van der Waals surface area contributed by atoms with Gasteiger partial charge in [-0.2, -0.15) is 18.3 Å². The molecule has 0 fully saturated rings. The predicted octanol–water partition coefficient (Wildman–Crippen LogP) is 3.65. The van der Waals surface area contributed by atoms with Crippen LogP contribution in [-0.2, 0) is 12.6 Å². The van der Waals surface area contributed by atoms with Crippen molar-refractivity contribution in [3.05, 3.63) is 65.1 Å². The summed E-state index contributed by atoms with van der Waals surface area (Å²) in [6.45, 7) is 1.91. The quantitative estimate of drug-likeness (QED) is 0.721. The van der Waals surface area contributed by atoms with Gasteiger partial charge in [0, 0.05) is 12.6 Å². The summed E-state index contributed by atoms with van der Waals surface area (Å²) in [6.07, 6.45) is -2.30. The number of hydrogen-bond donors (Lipinski definition) is 0. The molecule has 0 saturated carbocycles. The first-order chi connectivity index (χ1) is 9.93. The normalized spacial score (nSPS) is 12.0. The largest absolute Gasteiger partial charge is 0.416 e. The first-order valence-corrected chi connectivity index (χ1v) is 6.40. The zero-order chi connectivity index (χ0) is 15.0. The number of benzene rings is 1. The number of nitrogens with zero attached hydrogens (tertiary/aromatic N) is 3. The molecule has 1 aromatic carbocycles. The van der Waals surface area contributed by atoms with Gasteiger partial charge in [-0.25, -0.2) is 9.50 Å². The second kappa shape index (κ2) is 4.87. The highest BCUT2D eigenvalue weighted by atomic mass is 19.4. The van der Waals surface area contributed by atoms with Crippen molar-refractivity contribution in [3.63, 3.8) is 0 Å². The van der Waals surface area contributed by atoms with Gasteiger partial charge in [0.1, 0.15) is 0 Å². The maximum absolute atomic E-state index is 12.7. The van der Waals surface area contributed by atoms with Crippen LogP contribution >= 0.6 is 0 Å². The number of rotatable bonds is 2. The lowest BCUT2D eigenvalue weighted by Crippen LogP contribution is -2.05. The van der Waals surface area contributed by atoms with Gasteiger partial charge in [-0.05, 0) is 30.2 Å². The monoisotopic (exact) mass is 291 g/mol. The van der Waals surface area contributed by atoms with Gasteiger partial charge >= 0.3 is 6.18 Å². The van der Waals surface area contributed by atoms with Crippen LogP contribution < -0.4 is 0 Å². The van der Waals surface area contributed by atoms with E-state index >= 15 is 0 Å². The summed E-state index contributed by atoms with van der Waals surface area (Å²) in [5.74, 6) is 0.503. The lowest BCUT2D eigenvalue weighted by atomic mass is 10.1. The number of aryl methyl sites for hydroxylation is 1. The lowest BCUT2D eigenvalue weighted by molar-refractivity contribution is -0.137. The number of aromatic nitrogens is 3. The van der Waals surface area contributed by atoms with E-state index in [-0.39, 0.29) is 6.42 Å². The van der Waals surface area contributed by atoms with E-state index in [4.69, 9.17) is 0 Å². The second-order valence-corrected chi connectivity index (χ2v) is 4.86. The Morgan fingerprint density at radius 1 is 1.14 bits per heavy atom. The summed E-state index contributed by atoms with van der Waals surface area (Å²) >= 11 is 0. The highest BCUT2D eigenvalue weighted by molar-refractivity contribution is 5.46. The Kier molecular flexibility index (Phi) is 3.16. The standard InChI is InChI=1S/C15H12F3N3/c1-10-4-3-7-21-14(10)19-13(20-21)9-11-5-2-6-12(8-11)15(16,17)18/h2-8H,9H2,1H3. The summed E-state index contributed by atoms with van der Waals surface area (Å²) in [7, 11) is 0. The van der Waals surface area contributed by atoms with Crippen LogP contribution in [0.5, 0.6) is 0 Å². The molecule has 108 valence electrons. The van der Waals surface area contributed by atoms with Gasteiger partial charge in [-0.15, -0.1) is 0 Å². The molecular formula is C15H12F3N3. The van der Waals surface area contributed by atoms with Crippen LogP contribution in [0.4, 0.5) is 13.2 Å². The van der Waals surface area contributed by atoms with E-state index in [1.165, 1.54) is 6.07 Å². The second-order valence-electron chi connectivity index (χ2n) is 4.86. The fourth-order valence-corrected chi connectivity index (χ4v) is 2.20. The van der Waals surface area contributed by atoms with Gasteiger partial charge in [0.05, 0.1) is 5.56 Å². The molecule has 2 aromatic heterocycles. The number of alkyl halides is 3. The van der Waals surface area contributed by atoms with Gasteiger partial charge in [0.25, 0.3) is 0 Å². The van der Waals surface area contributed by atoms with Gasteiger partial charge in [-0.1, -0.05) is 24.3 Å². The summed E-state index contributed by atoms with van der Waals surface area (Å²) in [6, 6.07) is 9.01. The molecule has 0 aliphatic heterocycles. The van der Waals surface area contributed by atoms with Crippen LogP contribution in [0.2, 0.25) is 0 Å². The molecule has 0 radical (unpaired) electrons. The number of fused-ring (bicyclic) bond motifs is 1. The molecule has 3 rings (SSSR count). The van der Waals surface area contributed by atoms with Crippen LogP contribution in [0, 0.1) is 6.92 Å². The average molecular weight is 291 g/mol. The van der Waals surface area contributed by atoms with Crippen molar-refractivity contribution in [2.45, 2.75) is 19.5 Å². The minimum absolute atomic E-state index is 0.269. The minimum atomic E-state index is -4.33. The fraction of sp³-hybridized carbons (Fsp3) is 0.200. The average Bonchev–Trinajstić information content (AvgIpc) is 2.82. The predicted molar refractivity (Wildman–Crippen MR) is 72.0 cm³/mol. The number of pyridine rings is 1. The lowest BCUT2D eigenvalue weighted by Gasteiger charge is -2.07. The number of hydrogen-bond acceptors (Lipinski definition) is 2. The molecule has 21 heavy (non-hydrogen) atoms. The van der Waals surface area contributed by atoms with Crippen molar-refractivity contribution in [2.75, 3.05) is 0 Å². The molecule has 0 amide bonds. The molecule has 6 heteroatoms. The van der Waals surface area contributed by atoms with Crippen molar-refractivity contribution < 1.29 is 13.2 Å². The van der Waals surface area contributed by atoms with Crippen molar-refractivity contribution in [2.24, 2.45) is 0 Å². The Labute approximate surface area is 119 Å². The van der Waals surface area contributed by atoms with Gasteiger partial charge in [-0.3, -0.25) is 0 Å². The third-order valence-corrected chi connectivity index (χ3v) is 3.22. The van der Waals surface area contributed by atoms with Crippen molar-refractivity contribution >= 4 is 5.65 Å². The maximum atomic E-state index is 12.7. The van der Waals surface area contributed by atoms with E-state index in [0.717, 1.165) is 23.3 Å². The van der Waals surface area contributed by atoms with Crippen LogP contribution in [0.25, 0.3) is 5.65 Å². The molecule has 3 aromatic rings. The molecule has 0 N–H and O–H groups in total. The summed E-state index contributed by atoms with van der Waals surface area (Å²) in [4.78, 5) is 4.37. The molecule has 0 spiro atoms. The van der Waals surface area contributed by atoms with Crippen LogP contribution in [0.1, 0.15) is 22.5 Å². The topological polar surface area (TPSA) is 30.2 Å². The first-order valence-electron chi connectivity index (χ1n) is 6.40. The van der Waals surface area contributed by atoms with E-state index in [9.17, 15) is 13.2 Å². The zero-order valence-corrected chi connectivity index (χ0v) is 11.2. The molecule has 2 heterocycles. The molecule has 0 unspecified atom stereocenters. The molecule has 0 atom stereocenters. The van der Waals surface area contributed by atoms with Gasteiger partial charge in [0.2, 0.25) is 0 Å². The fourth-order valence-electron chi connectivity index (χ4n) is 2.20.